The van der Waals surface area contributed by atoms with Crippen molar-refractivity contribution in [3.05, 3.63) is 35.4 Å². The lowest BCUT2D eigenvalue weighted by Gasteiger charge is -2.14. The maximum atomic E-state index is 12.4. The number of nitrogens with zero attached hydrogens (tertiary/aromatic N) is 2. The van der Waals surface area contributed by atoms with Crippen LogP contribution < -0.4 is 5.32 Å². The summed E-state index contributed by atoms with van der Waals surface area (Å²) in [5.41, 5.74) is 1.63. The van der Waals surface area contributed by atoms with Crippen LogP contribution in [0, 0.1) is 0 Å². The molecule has 1 atom stereocenters. The van der Waals surface area contributed by atoms with Crippen LogP contribution in [0.5, 0.6) is 0 Å². The van der Waals surface area contributed by atoms with Crippen molar-refractivity contribution in [3.63, 3.8) is 0 Å². The van der Waals surface area contributed by atoms with Crippen LogP contribution in [0.4, 0.5) is 13.2 Å². The summed E-state index contributed by atoms with van der Waals surface area (Å²) in [7, 11) is 1.96. The molecule has 0 saturated heterocycles. The van der Waals surface area contributed by atoms with E-state index < -0.39 is 12.4 Å². The Bertz CT molecular complexity index is 490. The molecule has 8 heteroatoms. The predicted molar refractivity (Wildman–Crippen MR) is 72.0 cm³/mol. The number of amidine groups is 1. The third kappa shape index (κ3) is 3.57. The van der Waals surface area contributed by atoms with Crippen molar-refractivity contribution in [3.8, 4) is 0 Å². The molecule has 0 spiro atoms. The van der Waals surface area contributed by atoms with Gasteiger partial charge in [0.1, 0.15) is 0 Å². The summed E-state index contributed by atoms with van der Waals surface area (Å²) in [6.07, 6.45) is -4.58. The SMILES string of the molecule is CSN(C)Cc1ccc(C2=NOC(C(F)(F)F)N2)cc1. The maximum absolute atomic E-state index is 12.4. The Morgan fingerprint density at radius 3 is 2.50 bits per heavy atom. The van der Waals surface area contributed by atoms with Crippen molar-refractivity contribution >= 4 is 17.8 Å². The zero-order chi connectivity index (χ0) is 14.8. The largest absolute Gasteiger partial charge is 0.448 e. The van der Waals surface area contributed by atoms with E-state index in [1.54, 1.807) is 24.1 Å². The van der Waals surface area contributed by atoms with Gasteiger partial charge in [0.25, 0.3) is 6.23 Å². The fourth-order valence-electron chi connectivity index (χ4n) is 1.65. The van der Waals surface area contributed by atoms with Crippen molar-refractivity contribution in [1.82, 2.24) is 9.62 Å². The molecule has 0 amide bonds. The van der Waals surface area contributed by atoms with Gasteiger partial charge < -0.3 is 10.2 Å². The molecule has 0 bridgehead atoms. The van der Waals surface area contributed by atoms with E-state index in [0.29, 0.717) is 5.56 Å². The van der Waals surface area contributed by atoms with E-state index in [-0.39, 0.29) is 5.84 Å². The first-order valence-electron chi connectivity index (χ1n) is 5.82. The van der Waals surface area contributed by atoms with Crippen molar-refractivity contribution in [1.29, 1.82) is 0 Å². The van der Waals surface area contributed by atoms with Crippen molar-refractivity contribution in [2.45, 2.75) is 18.9 Å². The lowest BCUT2D eigenvalue weighted by atomic mass is 10.1. The van der Waals surface area contributed by atoms with Crippen LogP contribution in [0.25, 0.3) is 0 Å². The molecule has 2 rings (SSSR count). The van der Waals surface area contributed by atoms with Crippen LogP contribution in [0.15, 0.2) is 29.4 Å². The minimum absolute atomic E-state index is 0.0945. The summed E-state index contributed by atoms with van der Waals surface area (Å²) in [6, 6.07) is 7.15. The number of halogens is 3. The van der Waals surface area contributed by atoms with Crippen molar-refractivity contribution < 1.29 is 18.0 Å². The van der Waals surface area contributed by atoms with E-state index in [1.807, 2.05) is 29.7 Å². The number of hydrogen-bond donors (Lipinski definition) is 1. The minimum Gasteiger partial charge on any atom is -0.359 e. The quantitative estimate of drug-likeness (QED) is 0.868. The van der Waals surface area contributed by atoms with Crippen LogP contribution in [-0.4, -0.2) is 35.8 Å². The molecule has 0 saturated carbocycles. The first-order valence-corrected chi connectivity index (χ1v) is 7.00. The topological polar surface area (TPSA) is 36.9 Å². The van der Waals surface area contributed by atoms with E-state index in [0.717, 1.165) is 12.1 Å². The van der Waals surface area contributed by atoms with Gasteiger partial charge in [-0.3, -0.25) is 0 Å². The number of nitrogens with one attached hydrogen (secondary N) is 1. The Kier molecular flexibility index (Phi) is 4.44. The molecule has 0 radical (unpaired) electrons. The second-order valence-corrected chi connectivity index (χ2v) is 5.27. The molecule has 4 nitrogen and oxygen atoms in total. The van der Waals surface area contributed by atoms with Crippen LogP contribution in [0.2, 0.25) is 0 Å². The highest BCUT2D eigenvalue weighted by Gasteiger charge is 2.45. The first-order chi connectivity index (χ1) is 9.40. The Labute approximate surface area is 119 Å². The molecule has 0 aromatic heterocycles. The molecule has 20 heavy (non-hydrogen) atoms. The third-order valence-corrected chi connectivity index (χ3v) is 3.51. The van der Waals surface area contributed by atoms with Crippen LogP contribution in [0.1, 0.15) is 11.1 Å². The lowest BCUT2D eigenvalue weighted by molar-refractivity contribution is -0.218. The molecular formula is C12H14F3N3OS. The second-order valence-electron chi connectivity index (χ2n) is 4.28. The van der Waals surface area contributed by atoms with Gasteiger partial charge in [-0.1, -0.05) is 41.4 Å². The van der Waals surface area contributed by atoms with Gasteiger partial charge >= 0.3 is 6.18 Å². The highest BCUT2D eigenvalue weighted by atomic mass is 32.2. The average molecular weight is 305 g/mol. The third-order valence-electron chi connectivity index (χ3n) is 2.76. The molecule has 1 N–H and O–H groups in total. The van der Waals surface area contributed by atoms with Gasteiger partial charge in [-0.2, -0.15) is 13.2 Å². The number of alkyl halides is 3. The molecule has 1 heterocycles. The van der Waals surface area contributed by atoms with Gasteiger partial charge in [-0.05, 0) is 18.9 Å². The van der Waals surface area contributed by atoms with Gasteiger partial charge in [-0.25, -0.2) is 4.31 Å². The molecule has 1 aliphatic rings. The van der Waals surface area contributed by atoms with E-state index in [1.165, 1.54) is 0 Å². The second kappa shape index (κ2) is 5.92. The van der Waals surface area contributed by atoms with Crippen molar-refractivity contribution in [2.75, 3.05) is 13.3 Å². The molecule has 1 aromatic carbocycles. The summed E-state index contributed by atoms with van der Waals surface area (Å²) >= 11 is 1.60. The first kappa shape index (κ1) is 15.0. The summed E-state index contributed by atoms with van der Waals surface area (Å²) in [5.74, 6) is 0.0945. The van der Waals surface area contributed by atoms with Crippen LogP contribution in [0.3, 0.4) is 0 Å². The van der Waals surface area contributed by atoms with Gasteiger partial charge in [0.2, 0.25) is 0 Å². The summed E-state index contributed by atoms with van der Waals surface area (Å²) < 4.78 is 39.3. The Hall–Kier alpha value is -1.41. The predicted octanol–water partition coefficient (Wildman–Crippen LogP) is 2.57. The summed E-state index contributed by atoms with van der Waals surface area (Å²) in [4.78, 5) is 4.34. The number of rotatable bonds is 4. The van der Waals surface area contributed by atoms with Gasteiger partial charge in [0.15, 0.2) is 5.84 Å². The zero-order valence-electron chi connectivity index (χ0n) is 10.9. The summed E-state index contributed by atoms with van der Waals surface area (Å²) in [6.45, 7) is 0.753. The van der Waals surface area contributed by atoms with Gasteiger partial charge in [0, 0.05) is 12.1 Å². The molecule has 110 valence electrons. The van der Waals surface area contributed by atoms with Gasteiger partial charge in [0.05, 0.1) is 0 Å². The molecular weight excluding hydrogens is 291 g/mol. The number of oxime groups is 1. The standard InChI is InChI=1S/C12H14F3N3OS/c1-18(20-2)7-8-3-5-9(6-4-8)10-16-11(19-17-10)12(13,14)15/h3-6,11H,7H2,1-2H3,(H,16,17). The highest BCUT2D eigenvalue weighted by Crippen LogP contribution is 2.24. The Morgan fingerprint density at radius 2 is 2.00 bits per heavy atom. The number of benzene rings is 1. The smallest absolute Gasteiger partial charge is 0.359 e. The minimum atomic E-state index is -4.48. The number of hydrogen-bond acceptors (Lipinski definition) is 5. The monoisotopic (exact) mass is 305 g/mol. The molecule has 1 unspecified atom stereocenters. The molecule has 1 aliphatic heterocycles. The van der Waals surface area contributed by atoms with Crippen molar-refractivity contribution in [2.24, 2.45) is 5.16 Å². The maximum Gasteiger partial charge on any atom is 0.448 e. The molecule has 0 fully saturated rings. The summed E-state index contributed by atoms with van der Waals surface area (Å²) in [5, 5.41) is 5.64. The normalized spacial score (nSPS) is 18.7. The van der Waals surface area contributed by atoms with E-state index in [9.17, 15) is 13.2 Å². The van der Waals surface area contributed by atoms with E-state index in [2.05, 4.69) is 15.3 Å². The van der Waals surface area contributed by atoms with Gasteiger partial charge in [-0.15, -0.1) is 0 Å². The average Bonchev–Trinajstić information content (AvgIpc) is 2.89. The molecule has 1 aromatic rings. The Balaban J connectivity index is 2.01. The zero-order valence-corrected chi connectivity index (χ0v) is 11.8. The molecule has 0 aliphatic carbocycles. The fraction of sp³-hybridized carbons (Fsp3) is 0.417. The lowest BCUT2D eigenvalue weighted by Crippen LogP contribution is -2.41. The highest BCUT2D eigenvalue weighted by molar-refractivity contribution is 7.96. The van der Waals surface area contributed by atoms with Crippen LogP contribution >= 0.6 is 11.9 Å². The fourth-order valence-corrected chi connectivity index (χ4v) is 1.93. The Morgan fingerprint density at radius 1 is 1.35 bits per heavy atom. The van der Waals surface area contributed by atoms with E-state index >= 15 is 0 Å². The van der Waals surface area contributed by atoms with E-state index in [4.69, 9.17) is 0 Å². The van der Waals surface area contributed by atoms with Crippen LogP contribution in [-0.2, 0) is 11.4 Å².